The highest BCUT2D eigenvalue weighted by molar-refractivity contribution is 5.39. The number of nitriles is 1. The van der Waals surface area contributed by atoms with Crippen molar-refractivity contribution >= 4 is 0 Å². The summed E-state index contributed by atoms with van der Waals surface area (Å²) in [5.41, 5.74) is -0.867. The van der Waals surface area contributed by atoms with Gasteiger partial charge in [-0.25, -0.2) is 18.3 Å². The van der Waals surface area contributed by atoms with Crippen LogP contribution in [0.1, 0.15) is 34.9 Å². The summed E-state index contributed by atoms with van der Waals surface area (Å²) in [6.45, 7) is 4.90. The normalized spacial score (nSPS) is 11.3. The van der Waals surface area contributed by atoms with Crippen LogP contribution in [0.5, 0.6) is 0 Å². The Bertz CT molecular complexity index is 892. The zero-order valence-corrected chi connectivity index (χ0v) is 13.0. The minimum Gasteiger partial charge on any atom is -0.710 e. The number of hydrogen-bond donors (Lipinski definition) is 0. The minimum atomic E-state index is -3.21. The highest BCUT2D eigenvalue weighted by Crippen LogP contribution is 2.27. The molecule has 0 saturated heterocycles. The van der Waals surface area contributed by atoms with Crippen molar-refractivity contribution in [3.8, 4) is 11.9 Å². The Hall–Kier alpha value is -2.82. The summed E-state index contributed by atoms with van der Waals surface area (Å²) < 4.78 is 28.1. The summed E-state index contributed by atoms with van der Waals surface area (Å²) in [6.07, 6.45) is 0.879. The monoisotopic (exact) mass is 320 g/mol. The number of alkyl halides is 2. The molecule has 0 N–H and O–H groups in total. The van der Waals surface area contributed by atoms with Gasteiger partial charge in [0.15, 0.2) is 0 Å². The first-order valence-electron chi connectivity index (χ1n) is 6.71. The number of pyridine rings is 1. The lowest BCUT2D eigenvalue weighted by molar-refractivity contribution is -0.607. The molecule has 2 heterocycles. The van der Waals surface area contributed by atoms with Crippen LogP contribution in [0.25, 0.3) is 5.82 Å². The number of halogens is 2. The lowest BCUT2D eigenvalue weighted by atomic mass is 10.1. The Labute approximate surface area is 130 Å². The van der Waals surface area contributed by atoms with E-state index in [4.69, 9.17) is 5.26 Å². The third kappa shape index (κ3) is 2.65. The topological polar surface area (TPSA) is 85.6 Å². The molecule has 23 heavy (non-hydrogen) atoms. The third-order valence-corrected chi connectivity index (χ3v) is 3.61. The number of hydrogen-bond acceptors (Lipinski definition) is 4. The average molecular weight is 320 g/mol. The van der Waals surface area contributed by atoms with Gasteiger partial charge < -0.3 is 5.21 Å². The van der Waals surface area contributed by atoms with E-state index in [1.54, 1.807) is 0 Å². The van der Waals surface area contributed by atoms with Crippen LogP contribution in [0.4, 0.5) is 8.78 Å². The van der Waals surface area contributed by atoms with E-state index in [0.717, 1.165) is 10.9 Å². The molecule has 0 fully saturated rings. The van der Waals surface area contributed by atoms with E-state index in [9.17, 15) is 18.8 Å². The first-order chi connectivity index (χ1) is 10.6. The van der Waals surface area contributed by atoms with Crippen LogP contribution in [0, 0.1) is 37.3 Å². The molecule has 0 radical (unpaired) electrons. The Morgan fingerprint density at radius 2 is 2.00 bits per heavy atom. The van der Waals surface area contributed by atoms with Gasteiger partial charge in [0.05, 0.1) is 22.9 Å². The SMILES string of the molecule is Cc1cc(C#N)c(C)[n+]([O-])c1-n1ncc(C(C)(F)F)c(C)c1=O. The molecule has 0 aromatic carbocycles. The highest BCUT2D eigenvalue weighted by atomic mass is 19.3. The van der Waals surface area contributed by atoms with Crippen molar-refractivity contribution in [3.63, 3.8) is 0 Å². The van der Waals surface area contributed by atoms with Crippen molar-refractivity contribution in [2.45, 2.75) is 33.6 Å². The summed E-state index contributed by atoms with van der Waals surface area (Å²) in [5.74, 6) is -3.32. The second kappa shape index (κ2) is 5.43. The fourth-order valence-electron chi connectivity index (χ4n) is 2.31. The predicted molar refractivity (Wildman–Crippen MR) is 77.3 cm³/mol. The van der Waals surface area contributed by atoms with Gasteiger partial charge in [0.2, 0.25) is 0 Å². The quantitative estimate of drug-likeness (QED) is 0.623. The molecule has 0 saturated carbocycles. The maximum absolute atomic E-state index is 13.5. The molecule has 0 aliphatic carbocycles. The van der Waals surface area contributed by atoms with Gasteiger partial charge in [-0.05, 0) is 26.8 Å². The molecule has 0 aliphatic heterocycles. The van der Waals surface area contributed by atoms with Crippen molar-refractivity contribution in [3.05, 3.63) is 55.8 Å². The number of aryl methyl sites for hydroxylation is 1. The van der Waals surface area contributed by atoms with Gasteiger partial charge in [0.25, 0.3) is 5.92 Å². The highest BCUT2D eigenvalue weighted by Gasteiger charge is 2.31. The molecule has 0 aliphatic rings. The van der Waals surface area contributed by atoms with E-state index in [-0.39, 0.29) is 22.6 Å². The second-order valence-electron chi connectivity index (χ2n) is 5.34. The van der Waals surface area contributed by atoms with Gasteiger partial charge in [0, 0.05) is 12.5 Å². The van der Waals surface area contributed by atoms with Crippen LogP contribution in [-0.2, 0) is 5.92 Å². The smallest absolute Gasteiger partial charge is 0.362 e. The van der Waals surface area contributed by atoms with Crippen LogP contribution in [0.15, 0.2) is 17.1 Å². The van der Waals surface area contributed by atoms with Gasteiger partial charge in [-0.2, -0.15) is 5.26 Å². The van der Waals surface area contributed by atoms with E-state index in [2.05, 4.69) is 5.10 Å². The molecule has 2 rings (SSSR count). The number of nitrogens with zero attached hydrogens (tertiary/aromatic N) is 4. The fourth-order valence-corrected chi connectivity index (χ4v) is 2.31. The minimum absolute atomic E-state index is 0.101. The van der Waals surface area contributed by atoms with Crippen molar-refractivity contribution in [1.29, 1.82) is 5.26 Å². The summed E-state index contributed by atoms with van der Waals surface area (Å²) in [6, 6.07) is 3.33. The van der Waals surface area contributed by atoms with E-state index in [1.807, 2.05) is 6.07 Å². The average Bonchev–Trinajstić information content (AvgIpc) is 2.46. The molecule has 0 bridgehead atoms. The molecule has 8 heteroatoms. The fraction of sp³-hybridized carbons (Fsp3) is 0.333. The van der Waals surface area contributed by atoms with Crippen molar-refractivity contribution in [2.24, 2.45) is 0 Å². The molecule has 6 nitrogen and oxygen atoms in total. The van der Waals surface area contributed by atoms with Gasteiger partial charge >= 0.3 is 11.4 Å². The van der Waals surface area contributed by atoms with Gasteiger partial charge in [-0.15, -0.1) is 0 Å². The van der Waals surface area contributed by atoms with Crippen molar-refractivity contribution in [2.75, 3.05) is 0 Å². The largest absolute Gasteiger partial charge is 0.710 e. The molecular weight excluding hydrogens is 306 g/mol. The zero-order valence-electron chi connectivity index (χ0n) is 13.0. The Morgan fingerprint density at radius 3 is 2.52 bits per heavy atom. The van der Waals surface area contributed by atoms with Gasteiger partial charge in [-0.3, -0.25) is 0 Å². The predicted octanol–water partition coefficient (Wildman–Crippen LogP) is 1.77. The molecule has 2 aromatic rings. The first kappa shape index (κ1) is 16.5. The van der Waals surface area contributed by atoms with Crippen LogP contribution >= 0.6 is 0 Å². The molecule has 0 unspecified atom stereocenters. The van der Waals surface area contributed by atoms with Gasteiger partial charge in [0.1, 0.15) is 11.8 Å². The Morgan fingerprint density at radius 1 is 1.39 bits per heavy atom. The lowest BCUT2D eigenvalue weighted by Crippen LogP contribution is -2.42. The van der Waals surface area contributed by atoms with E-state index >= 15 is 0 Å². The maximum atomic E-state index is 13.5. The first-order valence-corrected chi connectivity index (χ1v) is 6.71. The maximum Gasteiger partial charge on any atom is 0.362 e. The molecular formula is C15H14F2N4O2. The standard InChI is InChI=1S/C15H14F2N4O2/c1-8-5-11(6-18)10(3)21(23)13(8)20-14(22)9(2)12(7-19-20)15(4,16)17/h5,7H,1-4H3. The van der Waals surface area contributed by atoms with E-state index in [1.165, 1.54) is 26.8 Å². The van der Waals surface area contributed by atoms with Crippen LogP contribution in [0.2, 0.25) is 0 Å². The second-order valence-corrected chi connectivity index (χ2v) is 5.34. The Kier molecular flexibility index (Phi) is 3.90. The van der Waals surface area contributed by atoms with Crippen LogP contribution in [0.3, 0.4) is 0 Å². The third-order valence-electron chi connectivity index (χ3n) is 3.61. The van der Waals surface area contributed by atoms with Crippen LogP contribution in [-0.4, -0.2) is 9.78 Å². The zero-order chi connectivity index (χ0) is 17.5. The Balaban J connectivity index is 2.81. The summed E-state index contributed by atoms with van der Waals surface area (Å²) >= 11 is 0. The molecule has 0 spiro atoms. The number of aromatic nitrogens is 3. The van der Waals surface area contributed by atoms with Crippen molar-refractivity contribution in [1.82, 2.24) is 9.78 Å². The van der Waals surface area contributed by atoms with E-state index in [0.29, 0.717) is 17.2 Å². The molecule has 0 amide bonds. The number of rotatable bonds is 2. The van der Waals surface area contributed by atoms with E-state index < -0.39 is 17.0 Å². The van der Waals surface area contributed by atoms with Crippen molar-refractivity contribution < 1.29 is 13.5 Å². The van der Waals surface area contributed by atoms with Crippen LogP contribution < -0.4 is 10.3 Å². The summed E-state index contributed by atoms with van der Waals surface area (Å²) in [7, 11) is 0. The molecule has 120 valence electrons. The molecule has 0 atom stereocenters. The summed E-state index contributed by atoms with van der Waals surface area (Å²) in [5, 5.41) is 25.0. The van der Waals surface area contributed by atoms with Gasteiger partial charge in [-0.1, -0.05) is 9.78 Å². The summed E-state index contributed by atoms with van der Waals surface area (Å²) in [4.78, 5) is 12.4. The molecule has 2 aromatic heterocycles. The lowest BCUT2D eigenvalue weighted by Gasteiger charge is -2.16.